The average Bonchev–Trinajstić information content (AvgIpc) is 4.37. The maximum absolute atomic E-state index is 12.6. The van der Waals surface area contributed by atoms with E-state index in [4.69, 9.17) is 48.1 Å². The molecule has 0 spiro atoms. The van der Waals surface area contributed by atoms with Crippen molar-refractivity contribution in [3.05, 3.63) is 194 Å². The Morgan fingerprint density at radius 3 is 0.916 bits per heavy atom. The molecule has 0 bridgehead atoms. The van der Waals surface area contributed by atoms with Crippen LogP contribution in [0.25, 0.3) is 50.0 Å². The smallest absolute Gasteiger partial charge is 0.291 e. The summed E-state index contributed by atoms with van der Waals surface area (Å²) in [5.74, 6) is -0.142. The lowest BCUT2D eigenvalue weighted by Crippen LogP contribution is -2.12. The highest BCUT2D eigenvalue weighted by Gasteiger charge is 2.22. The molecule has 26 heteroatoms. The zero-order valence-corrected chi connectivity index (χ0v) is 47.8. The first-order chi connectivity index (χ1) is 39.8. The summed E-state index contributed by atoms with van der Waals surface area (Å²) in [7, 11) is 3.38. The van der Waals surface area contributed by atoms with Gasteiger partial charge in [-0.3, -0.25) is 19.2 Å². The first-order valence-corrected chi connectivity index (χ1v) is 26.1. The molecule has 4 amide bonds. The van der Waals surface area contributed by atoms with Crippen LogP contribution < -0.4 is 16.0 Å². The van der Waals surface area contributed by atoms with Gasteiger partial charge in [-0.25, -0.2) is 14.0 Å². The van der Waals surface area contributed by atoms with Crippen LogP contribution in [0.3, 0.4) is 0 Å². The second kappa shape index (κ2) is 25.1. The number of amides is 4. The number of carbonyl (C=O) groups excluding carboxylic acids is 4. The fourth-order valence-electron chi connectivity index (χ4n) is 8.17. The van der Waals surface area contributed by atoms with Crippen molar-refractivity contribution in [3.8, 4) is 17.1 Å². The van der Waals surface area contributed by atoms with Crippen molar-refractivity contribution in [1.82, 2.24) is 65.5 Å². The summed E-state index contributed by atoms with van der Waals surface area (Å²) in [6, 6.07) is 32.4. The predicted molar refractivity (Wildman–Crippen MR) is 313 cm³/mol. The van der Waals surface area contributed by atoms with Crippen molar-refractivity contribution >= 4 is 109 Å². The largest absolute Gasteiger partial charge is 0.451 e. The van der Waals surface area contributed by atoms with Gasteiger partial charge >= 0.3 is 0 Å². The van der Waals surface area contributed by atoms with E-state index in [1.165, 1.54) is 37.9 Å². The molecular formula is C57H49Cl3N16O7. The summed E-state index contributed by atoms with van der Waals surface area (Å²) < 4.78 is 21.8. The molecule has 6 aromatic carbocycles. The third kappa shape index (κ3) is 13.2. The van der Waals surface area contributed by atoms with Gasteiger partial charge in [0.25, 0.3) is 17.7 Å². The highest BCUT2D eigenvalue weighted by Crippen LogP contribution is 2.34. The zero-order chi connectivity index (χ0) is 59.1. The van der Waals surface area contributed by atoms with Gasteiger partial charge in [-0.2, -0.15) is 0 Å². The first kappa shape index (κ1) is 57.6. The van der Waals surface area contributed by atoms with Crippen molar-refractivity contribution in [2.45, 2.75) is 41.5 Å². The Bertz CT molecular complexity index is 3850. The predicted octanol–water partition coefficient (Wildman–Crippen LogP) is 11.5. The third-order valence-electron chi connectivity index (χ3n) is 12.7. The molecule has 0 radical (unpaired) electrons. The number of rotatable bonds is 10. The Morgan fingerprint density at radius 1 is 0.446 bits per heavy atom. The number of furan rings is 3. The van der Waals surface area contributed by atoms with E-state index in [1.54, 1.807) is 86.9 Å². The number of benzene rings is 6. The van der Waals surface area contributed by atoms with Crippen molar-refractivity contribution in [2.75, 3.05) is 30.0 Å². The highest BCUT2D eigenvalue weighted by molar-refractivity contribution is 6.33. The van der Waals surface area contributed by atoms with E-state index in [0.29, 0.717) is 48.9 Å². The maximum Gasteiger partial charge on any atom is 0.291 e. The second-order valence-electron chi connectivity index (χ2n) is 18.8. The molecule has 6 heterocycles. The average molecular weight is 1180 g/mol. The van der Waals surface area contributed by atoms with Gasteiger partial charge in [0.2, 0.25) is 6.41 Å². The molecule has 0 aliphatic carbocycles. The van der Waals surface area contributed by atoms with Crippen LogP contribution in [0.15, 0.2) is 141 Å². The molecule has 0 atom stereocenters. The number of tetrazole rings is 3. The lowest BCUT2D eigenvalue weighted by atomic mass is 10.1. The minimum absolute atomic E-state index is 0.270. The van der Waals surface area contributed by atoms with Gasteiger partial charge in [-0.1, -0.05) is 34.8 Å². The number of carbonyl (C=O) groups is 4. The normalized spacial score (nSPS) is 10.8. The standard InChI is InChI=1S/3C18H14ClN5O2.C3H7NO/c3*1-10-7-16-14(8-15(10)19)11(2)17(26-16)18(25)21-12-3-5-13(6-4-12)24-9-20-22-23-24;1-4(2)3-5/h3*3-9H,1-2H3,(H,21,25);3H,1-2H3. The number of halogens is 3. The van der Waals surface area contributed by atoms with Gasteiger partial charge in [-0.05, 0) is 199 Å². The van der Waals surface area contributed by atoms with Crippen LogP contribution in [0.4, 0.5) is 17.1 Å². The van der Waals surface area contributed by atoms with Crippen LogP contribution in [-0.4, -0.2) is 104 Å². The Balaban J connectivity index is 0.000000144. The maximum atomic E-state index is 12.6. The highest BCUT2D eigenvalue weighted by atomic mass is 35.5. The molecule has 0 unspecified atom stereocenters. The van der Waals surface area contributed by atoms with E-state index < -0.39 is 0 Å². The number of nitrogens with one attached hydrogen (secondary N) is 3. The molecule has 23 nitrogen and oxygen atoms in total. The molecule has 0 aliphatic rings. The van der Waals surface area contributed by atoms with Gasteiger partial charge in [0.15, 0.2) is 17.3 Å². The topological polar surface area (TPSA) is 278 Å². The molecule has 0 aliphatic heterocycles. The third-order valence-corrected chi connectivity index (χ3v) is 13.9. The number of aromatic nitrogens is 12. The molecule has 12 aromatic rings. The van der Waals surface area contributed by atoms with Gasteiger partial charge in [0.05, 0.1) is 17.1 Å². The van der Waals surface area contributed by atoms with Crippen LogP contribution in [0.5, 0.6) is 0 Å². The SMILES string of the molecule is CN(C)C=O.Cc1cc2oc(C(=O)Nc3ccc(-n4cnnn4)cc3)c(C)c2cc1Cl.Cc1cc2oc(C(=O)Nc3ccc(-n4cnnn4)cc3)c(C)c2cc1Cl.Cc1cc2oc(C(=O)Nc3ccc(-n4cnnn4)cc3)c(C)c2cc1Cl. The van der Waals surface area contributed by atoms with Crippen molar-refractivity contribution in [3.63, 3.8) is 0 Å². The van der Waals surface area contributed by atoms with E-state index in [0.717, 1.165) is 73.0 Å². The molecule has 0 saturated carbocycles. The van der Waals surface area contributed by atoms with E-state index in [2.05, 4.69) is 62.5 Å². The fourth-order valence-corrected chi connectivity index (χ4v) is 8.66. The Kier molecular flexibility index (Phi) is 17.4. The monoisotopic (exact) mass is 1170 g/mol. The fraction of sp³-hybridized carbons (Fsp3) is 0.140. The number of aryl methyl sites for hydroxylation is 6. The van der Waals surface area contributed by atoms with E-state index in [1.807, 2.05) is 77.9 Å². The Morgan fingerprint density at radius 2 is 0.699 bits per heavy atom. The number of fused-ring (bicyclic) bond motifs is 3. The van der Waals surface area contributed by atoms with Gasteiger partial charge in [-0.15, -0.1) is 15.3 Å². The van der Waals surface area contributed by atoms with Gasteiger partial charge in [0.1, 0.15) is 35.7 Å². The lowest BCUT2D eigenvalue weighted by molar-refractivity contribution is -0.115. The molecule has 420 valence electrons. The number of anilines is 3. The van der Waals surface area contributed by atoms with Crippen LogP contribution in [-0.2, 0) is 4.79 Å². The summed E-state index contributed by atoms with van der Waals surface area (Å²) in [6.45, 7) is 11.2. The van der Waals surface area contributed by atoms with E-state index in [-0.39, 0.29) is 35.0 Å². The molecule has 83 heavy (non-hydrogen) atoms. The van der Waals surface area contributed by atoms with Crippen molar-refractivity contribution in [2.24, 2.45) is 0 Å². The molecule has 12 rings (SSSR count). The minimum Gasteiger partial charge on any atom is -0.451 e. The number of hydrogen-bond acceptors (Lipinski definition) is 16. The zero-order valence-electron chi connectivity index (χ0n) is 45.5. The Hall–Kier alpha value is -10.1. The van der Waals surface area contributed by atoms with Crippen LogP contribution >= 0.6 is 34.8 Å². The summed E-state index contributed by atoms with van der Waals surface area (Å²) in [6.07, 6.45) is 5.25. The summed E-state index contributed by atoms with van der Waals surface area (Å²) in [5, 5.41) is 45.9. The van der Waals surface area contributed by atoms with E-state index in [9.17, 15) is 19.2 Å². The van der Waals surface area contributed by atoms with Gasteiger partial charge < -0.3 is 34.1 Å². The minimum atomic E-state index is -0.317. The van der Waals surface area contributed by atoms with Crippen molar-refractivity contribution < 1.29 is 32.4 Å². The Labute approximate surface area is 487 Å². The summed E-state index contributed by atoms with van der Waals surface area (Å²) in [5.41, 5.74) is 11.2. The quantitative estimate of drug-likeness (QED) is 0.107. The van der Waals surface area contributed by atoms with Crippen LogP contribution in [0, 0.1) is 41.5 Å². The second-order valence-corrected chi connectivity index (χ2v) is 20.0. The van der Waals surface area contributed by atoms with Crippen LogP contribution in [0.2, 0.25) is 15.1 Å². The molecule has 3 N–H and O–H groups in total. The first-order valence-electron chi connectivity index (χ1n) is 25.0. The number of nitrogens with zero attached hydrogens (tertiary/aromatic N) is 13. The molecule has 0 fully saturated rings. The van der Waals surface area contributed by atoms with Crippen LogP contribution in [0.1, 0.15) is 65.0 Å². The molecule has 0 saturated heterocycles. The van der Waals surface area contributed by atoms with E-state index >= 15 is 0 Å². The number of hydrogen-bond donors (Lipinski definition) is 3. The van der Waals surface area contributed by atoms with Crippen molar-refractivity contribution in [1.29, 1.82) is 0 Å². The lowest BCUT2D eigenvalue weighted by Gasteiger charge is -2.05. The summed E-state index contributed by atoms with van der Waals surface area (Å²) >= 11 is 18.5. The van der Waals surface area contributed by atoms with Gasteiger partial charge in [0, 0.05) is 79.1 Å². The summed E-state index contributed by atoms with van der Waals surface area (Å²) in [4.78, 5) is 48.7. The molecule has 6 aromatic heterocycles. The molecular weight excluding hydrogens is 1130 g/mol.